The van der Waals surface area contributed by atoms with Crippen molar-refractivity contribution in [2.24, 2.45) is 5.10 Å². The van der Waals surface area contributed by atoms with Crippen molar-refractivity contribution in [1.82, 2.24) is 15.6 Å². The van der Waals surface area contributed by atoms with E-state index in [1.54, 1.807) is 24.3 Å². The van der Waals surface area contributed by atoms with Crippen LogP contribution in [0.25, 0.3) is 17.1 Å². The Hall–Kier alpha value is -4.44. The number of thioether (sulfide) groups is 1. The van der Waals surface area contributed by atoms with Gasteiger partial charge in [-0.05, 0) is 48.2 Å². The Kier molecular flexibility index (Phi) is 7.87. The van der Waals surface area contributed by atoms with Gasteiger partial charge in [-0.25, -0.2) is 10.2 Å². The maximum absolute atomic E-state index is 12.4. The fraction of sp³-hybridized carbons (Fsp3) is 0.0800. The highest BCUT2D eigenvalue weighted by Crippen LogP contribution is 2.20. The maximum atomic E-state index is 12.4. The second-order valence-corrected chi connectivity index (χ2v) is 8.14. The number of hydrogen-bond acceptors (Lipinski definition) is 6. The van der Waals surface area contributed by atoms with Crippen molar-refractivity contribution < 1.29 is 24.0 Å². The van der Waals surface area contributed by atoms with Crippen molar-refractivity contribution in [2.45, 2.75) is 5.16 Å². The summed E-state index contributed by atoms with van der Waals surface area (Å²) in [5.74, 6) is -0.157. The number of aromatic amines is 1. The number of H-pyrrole nitrogens is 1. The SMILES string of the molecule is O=C(O)COc1ccccc1/C=N/NC(=O)CSc1n[nH]c(-c2ccccc2)[n+]1-c1ccccc1. The minimum absolute atomic E-state index is 0.0837. The number of carboxylic acid groups (broad SMARTS) is 1. The normalized spacial score (nSPS) is 10.9. The number of aliphatic carboxylic acids is 1. The zero-order valence-electron chi connectivity index (χ0n) is 18.5. The predicted octanol–water partition coefficient (Wildman–Crippen LogP) is 3.06. The van der Waals surface area contributed by atoms with E-state index in [2.05, 4.69) is 20.7 Å². The zero-order chi connectivity index (χ0) is 24.5. The molecule has 4 aromatic rings. The van der Waals surface area contributed by atoms with Crippen LogP contribution in [0.4, 0.5) is 0 Å². The number of benzene rings is 3. The molecule has 0 atom stereocenters. The van der Waals surface area contributed by atoms with Crippen molar-refractivity contribution in [3.05, 3.63) is 90.5 Å². The lowest BCUT2D eigenvalue weighted by Gasteiger charge is -2.06. The first-order valence-corrected chi connectivity index (χ1v) is 11.6. The van der Waals surface area contributed by atoms with E-state index in [0.717, 1.165) is 17.1 Å². The van der Waals surface area contributed by atoms with Gasteiger partial charge in [-0.15, -0.1) is 5.10 Å². The Morgan fingerprint density at radius 1 is 1.03 bits per heavy atom. The molecular weight excluding hydrogens is 466 g/mol. The van der Waals surface area contributed by atoms with Gasteiger partial charge >= 0.3 is 11.1 Å². The molecule has 0 saturated carbocycles. The van der Waals surface area contributed by atoms with Crippen molar-refractivity contribution in [2.75, 3.05) is 12.4 Å². The molecule has 0 unspecified atom stereocenters. The van der Waals surface area contributed by atoms with Gasteiger partial charge in [0, 0.05) is 5.56 Å². The highest BCUT2D eigenvalue weighted by Gasteiger charge is 2.24. The summed E-state index contributed by atoms with van der Waals surface area (Å²) in [6.45, 7) is -0.468. The first kappa shape index (κ1) is 23.7. The molecular formula is C25H22N5O4S+. The van der Waals surface area contributed by atoms with E-state index in [-0.39, 0.29) is 11.7 Å². The van der Waals surface area contributed by atoms with Gasteiger partial charge in [0.2, 0.25) is 0 Å². The maximum Gasteiger partial charge on any atom is 0.342 e. The van der Waals surface area contributed by atoms with Gasteiger partial charge in [0.15, 0.2) is 6.61 Å². The summed E-state index contributed by atoms with van der Waals surface area (Å²) < 4.78 is 7.20. The molecule has 35 heavy (non-hydrogen) atoms. The van der Waals surface area contributed by atoms with Crippen molar-refractivity contribution >= 4 is 29.9 Å². The molecule has 4 rings (SSSR count). The monoisotopic (exact) mass is 488 g/mol. The summed E-state index contributed by atoms with van der Waals surface area (Å²) in [7, 11) is 0. The van der Waals surface area contributed by atoms with Crippen molar-refractivity contribution in [1.29, 1.82) is 0 Å². The number of hydrazone groups is 1. The van der Waals surface area contributed by atoms with Gasteiger partial charge < -0.3 is 9.84 Å². The fourth-order valence-electron chi connectivity index (χ4n) is 3.19. The highest BCUT2D eigenvalue weighted by molar-refractivity contribution is 7.99. The Bertz CT molecular complexity index is 1330. The lowest BCUT2D eigenvalue weighted by atomic mass is 10.2. The number of hydrogen-bond donors (Lipinski definition) is 3. The number of carbonyl (C=O) groups is 2. The lowest BCUT2D eigenvalue weighted by Crippen LogP contribution is -2.34. The van der Waals surface area contributed by atoms with Gasteiger partial charge in [-0.1, -0.05) is 48.5 Å². The van der Waals surface area contributed by atoms with E-state index >= 15 is 0 Å². The zero-order valence-corrected chi connectivity index (χ0v) is 19.3. The molecule has 0 fully saturated rings. The van der Waals surface area contributed by atoms with Crippen LogP contribution >= 0.6 is 11.8 Å². The van der Waals surface area contributed by atoms with Gasteiger partial charge in [0.05, 0.1) is 22.6 Å². The Morgan fingerprint density at radius 3 is 2.46 bits per heavy atom. The molecule has 1 amide bonds. The topological polar surface area (TPSA) is 121 Å². The summed E-state index contributed by atoms with van der Waals surface area (Å²) in [5, 5.41) is 20.9. The minimum atomic E-state index is -1.08. The molecule has 3 aromatic carbocycles. The molecule has 0 aliphatic rings. The van der Waals surface area contributed by atoms with Crippen LogP contribution in [0.3, 0.4) is 0 Å². The summed E-state index contributed by atoms with van der Waals surface area (Å²) in [5.41, 5.74) is 4.91. The second-order valence-electron chi connectivity index (χ2n) is 7.19. The van der Waals surface area contributed by atoms with Gasteiger partial charge in [0.25, 0.3) is 11.7 Å². The number of rotatable bonds is 10. The molecule has 0 aliphatic carbocycles. The molecule has 0 radical (unpaired) electrons. The molecule has 3 N–H and O–H groups in total. The molecule has 0 aliphatic heterocycles. The first-order chi connectivity index (χ1) is 17.1. The van der Waals surface area contributed by atoms with Crippen molar-refractivity contribution in [3.8, 4) is 22.8 Å². The van der Waals surface area contributed by atoms with Gasteiger partial charge in [-0.3, -0.25) is 4.79 Å². The standard InChI is InChI=1S/C25H21N5O4S/c31-22(27-26-15-19-11-7-8-14-21(19)34-16-23(32)33)17-35-25-29-28-24(18-9-3-1-4-10-18)30(25)20-12-5-2-6-13-20/h1-15H,16-17H2,(H2,27,31,32,33)/p+1/b26-15+. The fourth-order valence-corrected chi connectivity index (χ4v) is 3.95. The second kappa shape index (κ2) is 11.6. The van der Waals surface area contributed by atoms with E-state index < -0.39 is 12.6 Å². The molecule has 0 bridgehead atoms. The van der Waals surface area contributed by atoms with Crippen LogP contribution in [0.1, 0.15) is 5.56 Å². The largest absolute Gasteiger partial charge is 0.481 e. The van der Waals surface area contributed by atoms with Crippen LogP contribution in [0, 0.1) is 0 Å². The number of amides is 1. The molecule has 10 heteroatoms. The number of carbonyl (C=O) groups excluding carboxylic acids is 1. The van der Waals surface area contributed by atoms with E-state index in [1.807, 2.05) is 65.2 Å². The minimum Gasteiger partial charge on any atom is -0.481 e. The number of nitrogens with one attached hydrogen (secondary N) is 2. The highest BCUT2D eigenvalue weighted by atomic mass is 32.2. The first-order valence-electron chi connectivity index (χ1n) is 10.6. The number of ether oxygens (including phenoxy) is 1. The molecule has 1 heterocycles. The number of aromatic nitrogens is 3. The third-order valence-corrected chi connectivity index (χ3v) is 5.67. The summed E-state index contributed by atoms with van der Waals surface area (Å²) >= 11 is 1.27. The van der Waals surface area contributed by atoms with Crippen LogP contribution in [-0.4, -0.2) is 45.8 Å². The van der Waals surface area contributed by atoms with Crippen LogP contribution in [0.2, 0.25) is 0 Å². The molecule has 0 saturated heterocycles. The van der Waals surface area contributed by atoms with Crippen LogP contribution in [0.5, 0.6) is 5.75 Å². The molecule has 176 valence electrons. The number of para-hydroxylation sites is 2. The smallest absolute Gasteiger partial charge is 0.342 e. The summed E-state index contributed by atoms with van der Waals surface area (Å²) in [4.78, 5) is 23.2. The van der Waals surface area contributed by atoms with E-state index in [0.29, 0.717) is 16.5 Å². The number of carboxylic acids is 1. The third kappa shape index (κ3) is 6.33. The summed E-state index contributed by atoms with van der Waals surface area (Å²) in [6, 6.07) is 26.4. The van der Waals surface area contributed by atoms with E-state index in [1.165, 1.54) is 18.0 Å². The van der Waals surface area contributed by atoms with Gasteiger partial charge in [-0.2, -0.15) is 9.67 Å². The van der Waals surface area contributed by atoms with E-state index in [9.17, 15) is 9.59 Å². The average Bonchev–Trinajstić information content (AvgIpc) is 3.32. The predicted molar refractivity (Wildman–Crippen MR) is 132 cm³/mol. The Labute approximate surface area is 205 Å². The van der Waals surface area contributed by atoms with Gasteiger partial charge in [0.1, 0.15) is 11.4 Å². The Morgan fingerprint density at radius 2 is 1.71 bits per heavy atom. The van der Waals surface area contributed by atoms with E-state index in [4.69, 9.17) is 9.84 Å². The quantitative estimate of drug-likeness (QED) is 0.137. The van der Waals surface area contributed by atoms with Crippen LogP contribution in [-0.2, 0) is 9.59 Å². The lowest BCUT2D eigenvalue weighted by molar-refractivity contribution is -0.625. The third-order valence-electron chi connectivity index (χ3n) is 4.73. The Balaban J connectivity index is 1.44. The van der Waals surface area contributed by atoms with Crippen molar-refractivity contribution in [3.63, 3.8) is 0 Å². The van der Waals surface area contributed by atoms with Crippen LogP contribution in [0.15, 0.2) is 95.2 Å². The molecule has 0 spiro atoms. The average molecular weight is 489 g/mol. The number of nitrogens with zero attached hydrogens (tertiary/aromatic N) is 3. The van der Waals surface area contributed by atoms with Crippen LogP contribution < -0.4 is 14.7 Å². The summed E-state index contributed by atoms with van der Waals surface area (Å²) in [6.07, 6.45) is 1.41. The molecule has 1 aromatic heterocycles. The molecule has 9 nitrogen and oxygen atoms in total.